The quantitative estimate of drug-likeness (QED) is 0.534. The Hall–Kier alpha value is -2.22. The van der Waals surface area contributed by atoms with E-state index in [0.29, 0.717) is 28.1 Å². The summed E-state index contributed by atoms with van der Waals surface area (Å²) in [5, 5.41) is 12.6. The molecule has 2 heterocycles. The second-order valence-corrected chi connectivity index (χ2v) is 6.79. The van der Waals surface area contributed by atoms with Gasteiger partial charge in [0, 0.05) is 0 Å². The second kappa shape index (κ2) is 6.35. The van der Waals surface area contributed by atoms with Gasteiger partial charge in [0.15, 0.2) is 5.75 Å². The molecule has 4 rings (SSSR count). The molecule has 120 valence electrons. The molecule has 0 aliphatic heterocycles. The van der Waals surface area contributed by atoms with E-state index in [0.717, 1.165) is 15.2 Å². The van der Waals surface area contributed by atoms with Crippen LogP contribution in [-0.4, -0.2) is 25.2 Å². The zero-order chi connectivity index (χ0) is 16.5. The molecule has 2 aromatic carbocycles. The summed E-state index contributed by atoms with van der Waals surface area (Å²) in [7, 11) is 0. The first-order chi connectivity index (χ1) is 11.7. The van der Waals surface area contributed by atoms with Gasteiger partial charge < -0.3 is 4.74 Å². The minimum absolute atomic E-state index is 0.295. The lowest BCUT2D eigenvalue weighted by Crippen LogP contribution is -1.99. The van der Waals surface area contributed by atoms with Gasteiger partial charge in [-0.2, -0.15) is 0 Å². The van der Waals surface area contributed by atoms with Crippen LogP contribution in [0.25, 0.3) is 15.9 Å². The number of benzene rings is 2. The number of nitrogens with zero attached hydrogens (tertiary/aromatic N) is 5. The van der Waals surface area contributed by atoms with Gasteiger partial charge in [-0.3, -0.25) is 0 Å². The van der Waals surface area contributed by atoms with Gasteiger partial charge in [-0.25, -0.2) is 9.67 Å². The van der Waals surface area contributed by atoms with E-state index in [1.807, 2.05) is 24.3 Å². The average Bonchev–Trinajstić information content (AvgIpc) is 3.23. The second-order valence-electron chi connectivity index (χ2n) is 4.86. The maximum Gasteiger partial charge on any atom is 0.157 e. The SMILES string of the molecule is Clc1cc(-n2cnnn2)cc(Cl)c1OCc1nc2ccccc2s1. The molecule has 0 saturated heterocycles. The van der Waals surface area contributed by atoms with Crippen molar-refractivity contribution < 1.29 is 4.74 Å². The van der Waals surface area contributed by atoms with Gasteiger partial charge in [-0.1, -0.05) is 35.3 Å². The molecule has 0 saturated carbocycles. The van der Waals surface area contributed by atoms with Crippen molar-refractivity contribution >= 4 is 44.8 Å². The first kappa shape index (κ1) is 15.3. The van der Waals surface area contributed by atoms with Crippen molar-refractivity contribution in [1.29, 1.82) is 0 Å². The Balaban J connectivity index is 1.58. The number of tetrazole rings is 1. The zero-order valence-corrected chi connectivity index (χ0v) is 14.4. The maximum absolute atomic E-state index is 6.29. The van der Waals surface area contributed by atoms with Gasteiger partial charge in [0.2, 0.25) is 0 Å². The minimum atomic E-state index is 0.295. The van der Waals surface area contributed by atoms with Crippen LogP contribution in [0.2, 0.25) is 10.0 Å². The van der Waals surface area contributed by atoms with Crippen molar-refractivity contribution in [2.45, 2.75) is 6.61 Å². The number of hydrogen-bond acceptors (Lipinski definition) is 6. The van der Waals surface area contributed by atoms with Crippen LogP contribution in [0.15, 0.2) is 42.7 Å². The molecule has 0 aliphatic rings. The first-order valence-corrected chi connectivity index (χ1v) is 8.47. The highest BCUT2D eigenvalue weighted by Gasteiger charge is 2.13. The smallest absolute Gasteiger partial charge is 0.157 e. The number of thiazole rings is 1. The summed E-state index contributed by atoms with van der Waals surface area (Å²) >= 11 is 14.2. The van der Waals surface area contributed by atoms with E-state index in [-0.39, 0.29) is 0 Å². The number of rotatable bonds is 4. The molecule has 6 nitrogen and oxygen atoms in total. The van der Waals surface area contributed by atoms with Crippen molar-refractivity contribution in [3.05, 3.63) is 57.8 Å². The molecular weight excluding hydrogens is 369 g/mol. The normalized spacial score (nSPS) is 11.1. The van der Waals surface area contributed by atoms with Crippen LogP contribution in [0.1, 0.15) is 5.01 Å². The fourth-order valence-corrected chi connectivity index (χ4v) is 3.68. The van der Waals surface area contributed by atoms with Crippen LogP contribution < -0.4 is 4.74 Å². The molecule has 0 N–H and O–H groups in total. The van der Waals surface area contributed by atoms with Gasteiger partial charge in [0.05, 0.1) is 25.9 Å². The molecule has 0 aliphatic carbocycles. The summed E-state index contributed by atoms with van der Waals surface area (Å²) in [6, 6.07) is 11.3. The first-order valence-electron chi connectivity index (χ1n) is 6.90. The van der Waals surface area contributed by atoms with Crippen LogP contribution in [0.4, 0.5) is 0 Å². The minimum Gasteiger partial charge on any atom is -0.483 e. The molecule has 24 heavy (non-hydrogen) atoms. The number of aromatic nitrogens is 5. The lowest BCUT2D eigenvalue weighted by atomic mass is 10.3. The Kier molecular flexibility index (Phi) is 4.05. The van der Waals surface area contributed by atoms with Gasteiger partial charge in [0.25, 0.3) is 0 Å². The van der Waals surface area contributed by atoms with Gasteiger partial charge in [0.1, 0.15) is 17.9 Å². The van der Waals surface area contributed by atoms with Crippen LogP contribution in [0.5, 0.6) is 5.75 Å². The number of para-hydroxylation sites is 1. The fraction of sp³-hybridized carbons (Fsp3) is 0.0667. The molecule has 9 heteroatoms. The molecular formula is C15H9Cl2N5OS. The number of ether oxygens (including phenoxy) is 1. The summed E-state index contributed by atoms with van der Waals surface area (Å²) in [4.78, 5) is 4.52. The molecule has 0 unspecified atom stereocenters. The summed E-state index contributed by atoms with van der Waals surface area (Å²) in [5.41, 5.74) is 1.61. The molecule has 0 spiro atoms. The molecule has 0 fully saturated rings. The Labute approximate surface area is 150 Å². The van der Waals surface area contributed by atoms with Gasteiger partial charge in [-0.15, -0.1) is 16.4 Å². The number of fused-ring (bicyclic) bond motifs is 1. The van der Waals surface area contributed by atoms with Crippen molar-refractivity contribution in [2.75, 3.05) is 0 Å². The lowest BCUT2D eigenvalue weighted by Gasteiger charge is -2.10. The van der Waals surface area contributed by atoms with Crippen LogP contribution in [0, 0.1) is 0 Å². The highest BCUT2D eigenvalue weighted by molar-refractivity contribution is 7.18. The zero-order valence-electron chi connectivity index (χ0n) is 12.1. The van der Waals surface area contributed by atoms with Crippen LogP contribution in [-0.2, 0) is 6.61 Å². The maximum atomic E-state index is 6.29. The Bertz CT molecular complexity index is 946. The van der Waals surface area contributed by atoms with E-state index in [1.165, 1.54) is 11.0 Å². The van der Waals surface area contributed by atoms with E-state index in [9.17, 15) is 0 Å². The van der Waals surface area contributed by atoms with Crippen molar-refractivity contribution in [3.8, 4) is 11.4 Å². The third-order valence-electron chi connectivity index (χ3n) is 3.27. The van der Waals surface area contributed by atoms with E-state index in [1.54, 1.807) is 23.5 Å². The largest absolute Gasteiger partial charge is 0.483 e. The van der Waals surface area contributed by atoms with Crippen molar-refractivity contribution in [1.82, 2.24) is 25.2 Å². The van der Waals surface area contributed by atoms with Crippen molar-refractivity contribution in [2.24, 2.45) is 0 Å². The third-order valence-corrected chi connectivity index (χ3v) is 4.85. The number of halogens is 2. The predicted octanol–water partition coefficient (Wildman–Crippen LogP) is 4.16. The van der Waals surface area contributed by atoms with E-state index in [4.69, 9.17) is 27.9 Å². The summed E-state index contributed by atoms with van der Waals surface area (Å²) in [5.74, 6) is 0.411. The average molecular weight is 378 g/mol. The van der Waals surface area contributed by atoms with Crippen LogP contribution in [0.3, 0.4) is 0 Å². The molecule has 0 bridgehead atoms. The monoisotopic (exact) mass is 377 g/mol. The third kappa shape index (κ3) is 2.93. The van der Waals surface area contributed by atoms with E-state index < -0.39 is 0 Å². The standard InChI is InChI=1S/C15H9Cl2N5OS/c16-10-5-9(22-8-18-20-21-22)6-11(17)15(10)23-7-14-19-12-3-1-2-4-13(12)24-14/h1-6,8H,7H2. The summed E-state index contributed by atoms with van der Waals surface area (Å²) in [6.45, 7) is 0.295. The van der Waals surface area contributed by atoms with E-state index >= 15 is 0 Å². The number of hydrogen-bond donors (Lipinski definition) is 0. The topological polar surface area (TPSA) is 65.7 Å². The lowest BCUT2D eigenvalue weighted by molar-refractivity contribution is 0.306. The van der Waals surface area contributed by atoms with Crippen molar-refractivity contribution in [3.63, 3.8) is 0 Å². The molecule has 0 radical (unpaired) electrons. The van der Waals surface area contributed by atoms with Crippen LogP contribution >= 0.6 is 34.5 Å². The molecule has 0 amide bonds. The summed E-state index contributed by atoms with van der Waals surface area (Å²) in [6.07, 6.45) is 1.46. The Morgan fingerprint density at radius 2 is 1.92 bits per heavy atom. The Morgan fingerprint density at radius 3 is 2.62 bits per heavy atom. The highest BCUT2D eigenvalue weighted by Crippen LogP contribution is 2.36. The molecule has 0 atom stereocenters. The van der Waals surface area contributed by atoms with Gasteiger partial charge in [-0.05, 0) is 34.7 Å². The predicted molar refractivity (Wildman–Crippen MR) is 93.1 cm³/mol. The Morgan fingerprint density at radius 1 is 1.12 bits per heavy atom. The fourth-order valence-electron chi connectivity index (χ4n) is 2.21. The molecule has 2 aromatic heterocycles. The van der Waals surface area contributed by atoms with E-state index in [2.05, 4.69) is 20.5 Å². The highest BCUT2D eigenvalue weighted by atomic mass is 35.5. The molecule has 4 aromatic rings. The van der Waals surface area contributed by atoms with Gasteiger partial charge >= 0.3 is 0 Å². The summed E-state index contributed by atoms with van der Waals surface area (Å²) < 4.78 is 8.36.